The van der Waals surface area contributed by atoms with Crippen LogP contribution in [0.5, 0.6) is 0 Å². The number of benzene rings is 1. The average molecular weight is 419 g/mol. The van der Waals surface area contributed by atoms with Crippen LogP contribution in [0.25, 0.3) is 0 Å². The molecule has 1 amide bonds. The van der Waals surface area contributed by atoms with Gasteiger partial charge in [0.25, 0.3) is 0 Å². The molecule has 1 saturated heterocycles. The zero-order valence-electron chi connectivity index (χ0n) is 19.7. The van der Waals surface area contributed by atoms with E-state index in [9.17, 15) is 9.18 Å². The SMILES string of the molecule is CC(C)=CC(CC(C)(C)c1ccc(F)cc1)N1CCC(C)(OC(=O)NC(C)C)CC1. The summed E-state index contributed by atoms with van der Waals surface area (Å²) in [6.45, 7) is 16.3. The zero-order valence-corrected chi connectivity index (χ0v) is 19.7. The number of alkyl carbamates (subject to hydrolysis) is 1. The third-order valence-corrected chi connectivity index (χ3v) is 5.94. The van der Waals surface area contributed by atoms with E-state index in [1.165, 1.54) is 5.57 Å². The van der Waals surface area contributed by atoms with Crippen molar-refractivity contribution >= 4 is 6.09 Å². The fourth-order valence-corrected chi connectivity index (χ4v) is 4.14. The highest BCUT2D eigenvalue weighted by molar-refractivity contribution is 5.68. The number of hydrogen-bond acceptors (Lipinski definition) is 3. The van der Waals surface area contributed by atoms with E-state index in [1.54, 1.807) is 12.1 Å². The zero-order chi connectivity index (χ0) is 22.5. The molecule has 168 valence electrons. The number of carbonyl (C=O) groups is 1. The lowest BCUT2D eigenvalue weighted by atomic mass is 9.78. The van der Waals surface area contributed by atoms with E-state index in [0.29, 0.717) is 0 Å². The number of halogens is 1. The van der Waals surface area contributed by atoms with Crippen LogP contribution in [-0.4, -0.2) is 41.8 Å². The first-order chi connectivity index (χ1) is 13.9. The van der Waals surface area contributed by atoms with Crippen LogP contribution in [0.3, 0.4) is 0 Å². The molecule has 0 radical (unpaired) electrons. The molecule has 1 heterocycles. The minimum Gasteiger partial charge on any atom is -0.443 e. The number of piperidine rings is 1. The number of nitrogens with zero attached hydrogens (tertiary/aromatic N) is 1. The summed E-state index contributed by atoms with van der Waals surface area (Å²) in [5, 5.41) is 2.82. The highest BCUT2D eigenvalue weighted by Gasteiger charge is 2.37. The summed E-state index contributed by atoms with van der Waals surface area (Å²) in [5.74, 6) is -0.202. The second-order valence-electron chi connectivity index (χ2n) is 10.1. The van der Waals surface area contributed by atoms with Crippen molar-refractivity contribution in [3.8, 4) is 0 Å². The van der Waals surface area contributed by atoms with E-state index in [1.807, 2.05) is 32.9 Å². The van der Waals surface area contributed by atoms with Crippen molar-refractivity contribution in [1.82, 2.24) is 10.2 Å². The van der Waals surface area contributed by atoms with Gasteiger partial charge in [-0.05, 0) is 77.0 Å². The summed E-state index contributed by atoms with van der Waals surface area (Å²) in [6.07, 6.45) is 4.56. The monoisotopic (exact) mass is 418 g/mol. The van der Waals surface area contributed by atoms with Crippen molar-refractivity contribution < 1.29 is 13.9 Å². The highest BCUT2D eigenvalue weighted by atomic mass is 19.1. The van der Waals surface area contributed by atoms with Crippen molar-refractivity contribution in [2.75, 3.05) is 13.1 Å². The van der Waals surface area contributed by atoms with Crippen LogP contribution in [0, 0.1) is 5.82 Å². The number of nitrogens with one attached hydrogen (secondary N) is 1. The largest absolute Gasteiger partial charge is 0.443 e. The second kappa shape index (κ2) is 9.95. The topological polar surface area (TPSA) is 41.6 Å². The number of carbonyl (C=O) groups excluding carboxylic acids is 1. The van der Waals surface area contributed by atoms with Crippen molar-refractivity contribution in [2.45, 2.75) is 90.8 Å². The maximum Gasteiger partial charge on any atom is 0.407 e. The van der Waals surface area contributed by atoms with Crippen LogP contribution in [0.15, 0.2) is 35.9 Å². The van der Waals surface area contributed by atoms with Gasteiger partial charge >= 0.3 is 6.09 Å². The van der Waals surface area contributed by atoms with E-state index in [-0.39, 0.29) is 29.4 Å². The Bertz CT molecular complexity index is 728. The van der Waals surface area contributed by atoms with Gasteiger partial charge in [-0.2, -0.15) is 0 Å². The van der Waals surface area contributed by atoms with Gasteiger partial charge in [-0.25, -0.2) is 9.18 Å². The molecule has 30 heavy (non-hydrogen) atoms. The summed E-state index contributed by atoms with van der Waals surface area (Å²) in [7, 11) is 0. The van der Waals surface area contributed by atoms with Gasteiger partial charge in [-0.3, -0.25) is 4.90 Å². The molecule has 2 rings (SSSR count). The summed E-state index contributed by atoms with van der Waals surface area (Å²) < 4.78 is 19.1. The molecular formula is C25H39FN2O2. The minimum atomic E-state index is -0.433. The van der Waals surface area contributed by atoms with Gasteiger partial charge in [0, 0.05) is 25.2 Å². The van der Waals surface area contributed by atoms with Crippen molar-refractivity contribution in [2.24, 2.45) is 0 Å². The Morgan fingerprint density at radius 1 is 1.23 bits per heavy atom. The van der Waals surface area contributed by atoms with Crippen LogP contribution in [0.1, 0.15) is 73.3 Å². The van der Waals surface area contributed by atoms with Gasteiger partial charge in [0.1, 0.15) is 11.4 Å². The highest BCUT2D eigenvalue weighted by Crippen LogP contribution is 2.34. The number of hydrogen-bond donors (Lipinski definition) is 1. The first-order valence-corrected chi connectivity index (χ1v) is 11.0. The number of amides is 1. The van der Waals surface area contributed by atoms with Crippen LogP contribution in [0.4, 0.5) is 9.18 Å². The van der Waals surface area contributed by atoms with Gasteiger partial charge in [0.2, 0.25) is 0 Å². The summed E-state index contributed by atoms with van der Waals surface area (Å²) in [4.78, 5) is 14.6. The summed E-state index contributed by atoms with van der Waals surface area (Å²) in [6, 6.07) is 7.21. The van der Waals surface area contributed by atoms with E-state index >= 15 is 0 Å². The lowest BCUT2D eigenvalue weighted by Crippen LogP contribution is -2.50. The molecule has 1 aliphatic heterocycles. The molecule has 0 aromatic heterocycles. The molecule has 0 spiro atoms. The maximum absolute atomic E-state index is 13.4. The number of rotatable bonds is 7. The smallest absolute Gasteiger partial charge is 0.407 e. The van der Waals surface area contributed by atoms with Gasteiger partial charge in [-0.1, -0.05) is 37.6 Å². The normalized spacial score (nSPS) is 18.0. The van der Waals surface area contributed by atoms with Gasteiger partial charge in [0.05, 0.1) is 0 Å². The molecule has 1 aromatic carbocycles. The van der Waals surface area contributed by atoms with E-state index in [4.69, 9.17) is 4.74 Å². The Hall–Kier alpha value is -1.88. The van der Waals surface area contributed by atoms with Gasteiger partial charge < -0.3 is 10.1 Å². The fourth-order valence-electron chi connectivity index (χ4n) is 4.14. The van der Waals surface area contributed by atoms with Crippen LogP contribution < -0.4 is 5.32 Å². The van der Waals surface area contributed by atoms with Crippen molar-refractivity contribution in [3.63, 3.8) is 0 Å². The number of ether oxygens (including phenoxy) is 1. The van der Waals surface area contributed by atoms with E-state index in [0.717, 1.165) is 37.9 Å². The van der Waals surface area contributed by atoms with Gasteiger partial charge in [-0.15, -0.1) is 0 Å². The molecular weight excluding hydrogens is 379 g/mol. The number of allylic oxidation sites excluding steroid dienone is 1. The average Bonchev–Trinajstić information content (AvgIpc) is 2.60. The molecule has 0 aliphatic carbocycles. The Morgan fingerprint density at radius 2 is 1.80 bits per heavy atom. The molecule has 1 unspecified atom stereocenters. The predicted molar refractivity (Wildman–Crippen MR) is 121 cm³/mol. The molecule has 1 aromatic rings. The molecule has 1 fully saturated rings. The fraction of sp³-hybridized carbons (Fsp3) is 0.640. The van der Waals surface area contributed by atoms with Crippen LogP contribution in [0.2, 0.25) is 0 Å². The molecule has 1 atom stereocenters. The second-order valence-corrected chi connectivity index (χ2v) is 10.1. The Balaban J connectivity index is 2.07. The summed E-state index contributed by atoms with van der Waals surface area (Å²) >= 11 is 0. The minimum absolute atomic E-state index is 0.0666. The standard InChI is InChI=1S/C25H39FN2O2/c1-18(2)16-22(17-24(5,6)20-8-10-21(26)11-9-20)28-14-12-25(7,13-15-28)30-23(29)27-19(3)4/h8-11,16,19,22H,12-15,17H2,1-7H3,(H,27,29). The molecule has 1 N–H and O–H groups in total. The predicted octanol–water partition coefficient (Wildman–Crippen LogP) is 5.82. The first-order valence-electron chi connectivity index (χ1n) is 11.0. The third kappa shape index (κ3) is 7.12. The Kier molecular flexibility index (Phi) is 8.09. The van der Waals surface area contributed by atoms with Crippen LogP contribution in [-0.2, 0) is 10.2 Å². The van der Waals surface area contributed by atoms with E-state index < -0.39 is 5.60 Å². The lowest BCUT2D eigenvalue weighted by molar-refractivity contribution is -0.0293. The number of likely N-dealkylation sites (tertiary alicyclic amines) is 1. The lowest BCUT2D eigenvalue weighted by Gasteiger charge is -2.43. The van der Waals surface area contributed by atoms with Crippen molar-refractivity contribution in [1.29, 1.82) is 0 Å². The molecule has 5 heteroatoms. The van der Waals surface area contributed by atoms with E-state index in [2.05, 4.69) is 44.0 Å². The van der Waals surface area contributed by atoms with Crippen molar-refractivity contribution in [3.05, 3.63) is 47.3 Å². The first kappa shape index (κ1) is 24.4. The maximum atomic E-state index is 13.4. The van der Waals surface area contributed by atoms with Crippen LogP contribution >= 0.6 is 0 Å². The molecule has 1 aliphatic rings. The Morgan fingerprint density at radius 3 is 2.30 bits per heavy atom. The molecule has 0 saturated carbocycles. The van der Waals surface area contributed by atoms with Gasteiger partial charge in [0.15, 0.2) is 0 Å². The Labute approximate surface area is 181 Å². The molecule has 0 bridgehead atoms. The quantitative estimate of drug-likeness (QED) is 0.568. The summed E-state index contributed by atoms with van der Waals surface area (Å²) in [5.41, 5.74) is 1.92. The third-order valence-electron chi connectivity index (χ3n) is 5.94. The molecule has 4 nitrogen and oxygen atoms in total.